The molecule has 0 aliphatic heterocycles. The van der Waals surface area contributed by atoms with Crippen LogP contribution in [0.4, 0.5) is 0 Å². The van der Waals surface area contributed by atoms with Gasteiger partial charge in [-0.15, -0.1) is 0 Å². The van der Waals surface area contributed by atoms with Crippen molar-refractivity contribution in [3.8, 4) is 0 Å². The van der Waals surface area contributed by atoms with Crippen LogP contribution in [0.2, 0.25) is 0 Å². The Kier molecular flexibility index (Phi) is 2.75. The summed E-state index contributed by atoms with van der Waals surface area (Å²) in [5.41, 5.74) is 4.09. The Bertz CT molecular complexity index is 830. The maximum atomic E-state index is 3.75. The molecule has 0 heterocycles. The first-order valence-corrected chi connectivity index (χ1v) is 7.58. The summed E-state index contributed by atoms with van der Waals surface area (Å²) in [6.45, 7) is 0. The van der Waals surface area contributed by atoms with Crippen molar-refractivity contribution in [2.75, 3.05) is 0 Å². The molecule has 0 fully saturated rings. The first-order chi connectivity index (χ1) is 9.84. The number of hydrogen-bond acceptors (Lipinski definition) is 0. The van der Waals surface area contributed by atoms with Crippen LogP contribution in [0, 0.1) is 0 Å². The van der Waals surface area contributed by atoms with Crippen LogP contribution in [0.3, 0.4) is 0 Å². The molecule has 0 aromatic heterocycles. The number of benzene rings is 3. The van der Waals surface area contributed by atoms with Crippen LogP contribution in [-0.4, -0.2) is 0 Å². The highest BCUT2D eigenvalue weighted by Gasteiger charge is 2.22. The van der Waals surface area contributed by atoms with Crippen molar-refractivity contribution in [3.63, 3.8) is 0 Å². The van der Waals surface area contributed by atoms with Crippen LogP contribution in [0.1, 0.15) is 22.6 Å². The van der Waals surface area contributed by atoms with Gasteiger partial charge in [-0.3, -0.25) is 0 Å². The van der Waals surface area contributed by atoms with Gasteiger partial charge in [-0.2, -0.15) is 0 Å². The van der Waals surface area contributed by atoms with E-state index in [1.807, 2.05) is 0 Å². The van der Waals surface area contributed by atoms with E-state index < -0.39 is 0 Å². The van der Waals surface area contributed by atoms with Crippen molar-refractivity contribution in [3.05, 3.63) is 87.9 Å². The summed E-state index contributed by atoms with van der Waals surface area (Å²) in [5, 5.41) is 2.62. The Labute approximate surface area is 126 Å². The molecule has 4 rings (SSSR count). The van der Waals surface area contributed by atoms with Gasteiger partial charge in [0.05, 0.1) is 0 Å². The van der Waals surface area contributed by atoms with Crippen molar-refractivity contribution < 1.29 is 0 Å². The number of fused-ring (bicyclic) bond motifs is 2. The molecule has 3 aromatic rings. The first-order valence-electron chi connectivity index (χ1n) is 6.79. The highest BCUT2D eigenvalue weighted by molar-refractivity contribution is 9.10. The molecule has 0 saturated heterocycles. The fourth-order valence-electron chi connectivity index (χ4n) is 3.09. The average molecular weight is 321 g/mol. The Morgan fingerprint density at radius 3 is 2.55 bits per heavy atom. The van der Waals surface area contributed by atoms with Crippen molar-refractivity contribution in [1.29, 1.82) is 0 Å². The predicted molar refractivity (Wildman–Crippen MR) is 89.0 cm³/mol. The molecule has 20 heavy (non-hydrogen) atoms. The molecule has 1 unspecified atom stereocenters. The maximum absolute atomic E-state index is 3.75. The van der Waals surface area contributed by atoms with E-state index in [0.29, 0.717) is 5.92 Å². The van der Waals surface area contributed by atoms with Gasteiger partial charge in [0.2, 0.25) is 0 Å². The van der Waals surface area contributed by atoms with Gasteiger partial charge in [-0.25, -0.2) is 0 Å². The van der Waals surface area contributed by atoms with E-state index in [2.05, 4.69) is 88.7 Å². The second kappa shape index (κ2) is 4.60. The minimum Gasteiger partial charge on any atom is -0.0720 e. The SMILES string of the molecule is Brc1ccc2ccccc2c1C1C=Cc2ccccc21. The molecule has 0 amide bonds. The van der Waals surface area contributed by atoms with E-state index in [1.54, 1.807) is 0 Å². The van der Waals surface area contributed by atoms with E-state index >= 15 is 0 Å². The lowest BCUT2D eigenvalue weighted by Crippen LogP contribution is -1.98. The maximum Gasteiger partial charge on any atom is 0.0296 e. The average Bonchev–Trinajstić information content (AvgIpc) is 2.91. The minimum absolute atomic E-state index is 0.340. The van der Waals surface area contributed by atoms with Crippen LogP contribution in [0.25, 0.3) is 16.8 Å². The minimum atomic E-state index is 0.340. The van der Waals surface area contributed by atoms with Gasteiger partial charge in [0.15, 0.2) is 0 Å². The van der Waals surface area contributed by atoms with Crippen LogP contribution in [0.15, 0.2) is 71.2 Å². The fourth-order valence-corrected chi connectivity index (χ4v) is 3.68. The van der Waals surface area contributed by atoms with Gasteiger partial charge in [-0.05, 0) is 33.5 Å². The Morgan fingerprint density at radius 1 is 0.800 bits per heavy atom. The van der Waals surface area contributed by atoms with Crippen LogP contribution in [-0.2, 0) is 0 Å². The molecule has 96 valence electrons. The van der Waals surface area contributed by atoms with Gasteiger partial charge in [0, 0.05) is 10.4 Å². The van der Waals surface area contributed by atoms with Crippen molar-refractivity contribution in [2.45, 2.75) is 5.92 Å². The van der Waals surface area contributed by atoms with Gasteiger partial charge >= 0.3 is 0 Å². The molecule has 0 saturated carbocycles. The zero-order valence-corrected chi connectivity index (χ0v) is 12.5. The summed E-state index contributed by atoms with van der Waals surface area (Å²) in [5.74, 6) is 0.340. The second-order valence-electron chi connectivity index (χ2n) is 5.15. The summed E-state index contributed by atoms with van der Waals surface area (Å²) in [6, 6.07) is 21.6. The topological polar surface area (TPSA) is 0 Å². The zero-order chi connectivity index (χ0) is 13.5. The summed E-state index contributed by atoms with van der Waals surface area (Å²) in [4.78, 5) is 0. The highest BCUT2D eigenvalue weighted by atomic mass is 79.9. The lowest BCUT2D eigenvalue weighted by atomic mass is 9.89. The standard InChI is InChI=1S/C19H13Br/c20-18-12-10-14-6-2-4-8-16(14)19(18)17-11-9-13-5-1-3-7-15(13)17/h1-12,17H. The summed E-state index contributed by atoms with van der Waals surface area (Å²) in [6.07, 6.45) is 4.53. The third-order valence-electron chi connectivity index (χ3n) is 4.03. The molecule has 1 aliphatic carbocycles. The lowest BCUT2D eigenvalue weighted by molar-refractivity contribution is 1.06. The monoisotopic (exact) mass is 320 g/mol. The molecule has 0 bridgehead atoms. The summed E-state index contributed by atoms with van der Waals surface area (Å²) in [7, 11) is 0. The third kappa shape index (κ3) is 1.74. The normalized spacial score (nSPS) is 16.6. The molecule has 3 aromatic carbocycles. The lowest BCUT2D eigenvalue weighted by Gasteiger charge is -2.16. The predicted octanol–water partition coefficient (Wildman–Crippen LogP) is 5.76. The van der Waals surface area contributed by atoms with E-state index in [-0.39, 0.29) is 0 Å². The van der Waals surface area contributed by atoms with Crippen LogP contribution in [0.5, 0.6) is 0 Å². The molecule has 0 spiro atoms. The fraction of sp³-hybridized carbons (Fsp3) is 0.0526. The van der Waals surface area contributed by atoms with E-state index in [1.165, 1.54) is 31.9 Å². The molecule has 0 N–H and O–H groups in total. The Balaban J connectivity index is 2.01. The smallest absolute Gasteiger partial charge is 0.0296 e. The second-order valence-corrected chi connectivity index (χ2v) is 6.00. The number of rotatable bonds is 1. The highest BCUT2D eigenvalue weighted by Crippen LogP contribution is 2.41. The van der Waals surface area contributed by atoms with Crippen molar-refractivity contribution in [1.82, 2.24) is 0 Å². The molecular formula is C19H13Br. The number of allylic oxidation sites excluding steroid dienone is 1. The number of halogens is 1. The van der Waals surface area contributed by atoms with Gasteiger partial charge in [-0.1, -0.05) is 82.7 Å². The first kappa shape index (κ1) is 11.9. The van der Waals surface area contributed by atoms with Gasteiger partial charge < -0.3 is 0 Å². The summed E-state index contributed by atoms with van der Waals surface area (Å²) >= 11 is 3.75. The Morgan fingerprint density at radius 2 is 1.60 bits per heavy atom. The molecule has 0 nitrogen and oxygen atoms in total. The third-order valence-corrected chi connectivity index (χ3v) is 4.72. The van der Waals surface area contributed by atoms with Crippen molar-refractivity contribution >= 4 is 32.8 Å². The van der Waals surface area contributed by atoms with E-state index in [0.717, 1.165) is 0 Å². The van der Waals surface area contributed by atoms with Crippen LogP contribution >= 0.6 is 15.9 Å². The largest absolute Gasteiger partial charge is 0.0720 e. The van der Waals surface area contributed by atoms with Gasteiger partial charge in [0.1, 0.15) is 0 Å². The molecular weight excluding hydrogens is 308 g/mol. The van der Waals surface area contributed by atoms with Gasteiger partial charge in [0.25, 0.3) is 0 Å². The quantitative estimate of drug-likeness (QED) is 0.534. The van der Waals surface area contributed by atoms with Crippen LogP contribution < -0.4 is 0 Å². The van der Waals surface area contributed by atoms with E-state index in [9.17, 15) is 0 Å². The number of hydrogen-bond donors (Lipinski definition) is 0. The molecule has 1 atom stereocenters. The Hall–Kier alpha value is -1.86. The zero-order valence-electron chi connectivity index (χ0n) is 10.9. The van der Waals surface area contributed by atoms with Crippen molar-refractivity contribution in [2.24, 2.45) is 0 Å². The molecule has 0 radical (unpaired) electrons. The molecule has 1 aliphatic rings. The summed E-state index contributed by atoms with van der Waals surface area (Å²) < 4.78 is 1.18. The van der Waals surface area contributed by atoms with E-state index in [4.69, 9.17) is 0 Å². The molecule has 1 heteroatoms.